The number of aliphatic hydroxyl groups excluding tert-OH is 1. The third kappa shape index (κ3) is 4.97. The SMILES string of the molecule is CC(O)c1nccn1Cc1cc(-c2ccc(C#Cc3ccc(S(C)(=O)=O)cc3)cc2)on1. The van der Waals surface area contributed by atoms with Crippen molar-refractivity contribution in [1.82, 2.24) is 14.7 Å². The summed E-state index contributed by atoms with van der Waals surface area (Å²) in [4.78, 5) is 4.43. The molecule has 1 unspecified atom stereocenters. The maximum absolute atomic E-state index is 11.5. The lowest BCUT2D eigenvalue weighted by molar-refractivity contribution is 0.184. The second-order valence-corrected chi connectivity index (χ2v) is 9.41. The number of sulfone groups is 1. The van der Waals surface area contributed by atoms with Gasteiger partial charge in [0.2, 0.25) is 0 Å². The van der Waals surface area contributed by atoms with E-state index in [0.29, 0.717) is 18.1 Å². The molecular formula is C24H21N3O4S. The Morgan fingerprint density at radius 3 is 2.28 bits per heavy atom. The van der Waals surface area contributed by atoms with Crippen molar-refractivity contribution in [2.75, 3.05) is 6.26 Å². The van der Waals surface area contributed by atoms with Crippen molar-refractivity contribution in [3.05, 3.63) is 89.6 Å². The van der Waals surface area contributed by atoms with E-state index in [1.807, 2.05) is 34.9 Å². The molecule has 162 valence electrons. The van der Waals surface area contributed by atoms with Crippen LogP contribution in [0.5, 0.6) is 0 Å². The minimum absolute atomic E-state index is 0.272. The normalized spacial score (nSPS) is 12.2. The minimum atomic E-state index is -3.21. The summed E-state index contributed by atoms with van der Waals surface area (Å²) < 4.78 is 30.4. The Morgan fingerprint density at radius 2 is 1.69 bits per heavy atom. The zero-order valence-electron chi connectivity index (χ0n) is 17.6. The Labute approximate surface area is 186 Å². The summed E-state index contributed by atoms with van der Waals surface area (Å²) in [7, 11) is -3.21. The Morgan fingerprint density at radius 1 is 1.06 bits per heavy atom. The van der Waals surface area contributed by atoms with Gasteiger partial charge in [0.1, 0.15) is 17.6 Å². The zero-order chi connectivity index (χ0) is 22.7. The van der Waals surface area contributed by atoms with Gasteiger partial charge in [0.05, 0.1) is 11.4 Å². The molecule has 0 aliphatic carbocycles. The quantitative estimate of drug-likeness (QED) is 0.471. The molecule has 1 atom stereocenters. The van der Waals surface area contributed by atoms with E-state index >= 15 is 0 Å². The Kier molecular flexibility index (Phi) is 5.95. The zero-order valence-corrected chi connectivity index (χ0v) is 18.4. The van der Waals surface area contributed by atoms with Gasteiger partial charge in [0.15, 0.2) is 15.6 Å². The standard InChI is InChI=1S/C24H21N3O4S/c1-17(28)24-25-13-14-27(24)16-21-15-23(31-26-21)20-9-5-18(6-10-20)3-4-19-7-11-22(12-8-19)32(2,29)30/h5-15,17,28H,16H2,1-2H3. The van der Waals surface area contributed by atoms with E-state index in [-0.39, 0.29) is 4.90 Å². The predicted octanol–water partition coefficient (Wildman–Crippen LogP) is 3.44. The second kappa shape index (κ2) is 8.83. The fourth-order valence-corrected chi connectivity index (χ4v) is 3.80. The first-order valence-corrected chi connectivity index (χ1v) is 11.8. The summed E-state index contributed by atoms with van der Waals surface area (Å²) in [5.74, 6) is 7.31. The molecule has 2 aromatic carbocycles. The van der Waals surface area contributed by atoms with E-state index in [1.54, 1.807) is 43.6 Å². The first kappa shape index (κ1) is 21.6. The molecule has 0 bridgehead atoms. The van der Waals surface area contributed by atoms with Gasteiger partial charge in [-0.15, -0.1) is 0 Å². The average molecular weight is 448 g/mol. The molecule has 0 aliphatic rings. The Balaban J connectivity index is 1.46. The van der Waals surface area contributed by atoms with Gasteiger partial charge in [0, 0.05) is 41.4 Å². The average Bonchev–Trinajstić information content (AvgIpc) is 3.42. The molecule has 0 saturated heterocycles. The molecule has 0 spiro atoms. The Bertz CT molecular complexity index is 1390. The molecule has 0 fully saturated rings. The molecule has 4 aromatic rings. The summed E-state index contributed by atoms with van der Waals surface area (Å²) in [5, 5.41) is 13.9. The van der Waals surface area contributed by atoms with Crippen LogP contribution in [0, 0.1) is 11.8 Å². The number of nitrogens with zero attached hydrogens (tertiary/aromatic N) is 3. The smallest absolute Gasteiger partial charge is 0.175 e. The molecule has 0 aliphatic heterocycles. The van der Waals surface area contributed by atoms with Crippen molar-refractivity contribution in [3.8, 4) is 23.2 Å². The third-order valence-electron chi connectivity index (χ3n) is 4.82. The van der Waals surface area contributed by atoms with Crippen molar-refractivity contribution in [2.45, 2.75) is 24.5 Å². The number of imidazole rings is 1. The Hall–Kier alpha value is -3.67. The maximum atomic E-state index is 11.5. The molecule has 4 rings (SSSR count). The van der Waals surface area contributed by atoms with Gasteiger partial charge in [0.25, 0.3) is 0 Å². The third-order valence-corrected chi connectivity index (χ3v) is 5.94. The first-order chi connectivity index (χ1) is 15.3. The minimum Gasteiger partial charge on any atom is -0.385 e. The molecule has 0 amide bonds. The van der Waals surface area contributed by atoms with Crippen LogP contribution in [-0.2, 0) is 16.4 Å². The highest BCUT2D eigenvalue weighted by atomic mass is 32.2. The number of aromatic nitrogens is 3. The van der Waals surface area contributed by atoms with Crippen molar-refractivity contribution < 1.29 is 18.0 Å². The van der Waals surface area contributed by atoms with E-state index in [2.05, 4.69) is 22.0 Å². The topological polar surface area (TPSA) is 98.2 Å². The van der Waals surface area contributed by atoms with Crippen LogP contribution in [0.25, 0.3) is 11.3 Å². The monoisotopic (exact) mass is 447 g/mol. The summed E-state index contributed by atoms with van der Waals surface area (Å²) in [6.07, 6.45) is 3.95. The van der Waals surface area contributed by atoms with Crippen LogP contribution in [0.4, 0.5) is 0 Å². The first-order valence-electron chi connectivity index (χ1n) is 9.87. The summed E-state index contributed by atoms with van der Waals surface area (Å²) >= 11 is 0. The van der Waals surface area contributed by atoms with E-state index in [9.17, 15) is 13.5 Å². The molecular weight excluding hydrogens is 426 g/mol. The van der Waals surface area contributed by atoms with Crippen LogP contribution in [0.2, 0.25) is 0 Å². The van der Waals surface area contributed by atoms with E-state index in [1.165, 1.54) is 6.26 Å². The highest BCUT2D eigenvalue weighted by Crippen LogP contribution is 2.22. The summed E-state index contributed by atoms with van der Waals surface area (Å²) in [6, 6.07) is 15.9. The largest absolute Gasteiger partial charge is 0.385 e. The van der Waals surface area contributed by atoms with Gasteiger partial charge in [-0.25, -0.2) is 13.4 Å². The molecule has 8 heteroatoms. The predicted molar refractivity (Wildman–Crippen MR) is 119 cm³/mol. The van der Waals surface area contributed by atoms with Crippen molar-refractivity contribution >= 4 is 9.84 Å². The number of hydrogen-bond donors (Lipinski definition) is 1. The highest BCUT2D eigenvalue weighted by Gasteiger charge is 2.12. The van der Waals surface area contributed by atoms with Gasteiger partial charge >= 0.3 is 0 Å². The number of hydrogen-bond acceptors (Lipinski definition) is 6. The van der Waals surface area contributed by atoms with E-state index < -0.39 is 15.9 Å². The van der Waals surface area contributed by atoms with Crippen LogP contribution in [0.15, 0.2) is 76.4 Å². The molecule has 1 N–H and O–H groups in total. The van der Waals surface area contributed by atoms with Crippen LogP contribution in [0.1, 0.15) is 35.7 Å². The summed E-state index contributed by atoms with van der Waals surface area (Å²) in [6.45, 7) is 2.12. The van der Waals surface area contributed by atoms with E-state index in [0.717, 1.165) is 22.4 Å². The number of benzene rings is 2. The van der Waals surface area contributed by atoms with Gasteiger partial charge in [-0.1, -0.05) is 17.0 Å². The second-order valence-electron chi connectivity index (χ2n) is 7.40. The summed E-state index contributed by atoms with van der Waals surface area (Å²) in [5.41, 5.74) is 3.15. The highest BCUT2D eigenvalue weighted by molar-refractivity contribution is 7.90. The molecule has 0 radical (unpaired) electrons. The lowest BCUT2D eigenvalue weighted by Gasteiger charge is -2.07. The van der Waals surface area contributed by atoms with Crippen LogP contribution in [-0.4, -0.2) is 34.5 Å². The van der Waals surface area contributed by atoms with Crippen LogP contribution >= 0.6 is 0 Å². The lowest BCUT2D eigenvalue weighted by Crippen LogP contribution is -2.07. The molecule has 2 aromatic heterocycles. The van der Waals surface area contributed by atoms with Crippen molar-refractivity contribution in [3.63, 3.8) is 0 Å². The van der Waals surface area contributed by atoms with Gasteiger partial charge in [-0.3, -0.25) is 0 Å². The maximum Gasteiger partial charge on any atom is 0.175 e. The molecule has 0 saturated carbocycles. The molecule has 2 heterocycles. The van der Waals surface area contributed by atoms with Gasteiger partial charge in [-0.05, 0) is 55.5 Å². The van der Waals surface area contributed by atoms with Crippen molar-refractivity contribution in [2.24, 2.45) is 0 Å². The lowest BCUT2D eigenvalue weighted by atomic mass is 10.1. The van der Waals surface area contributed by atoms with Gasteiger partial charge in [-0.2, -0.15) is 0 Å². The van der Waals surface area contributed by atoms with Crippen LogP contribution < -0.4 is 0 Å². The van der Waals surface area contributed by atoms with Crippen LogP contribution in [0.3, 0.4) is 0 Å². The van der Waals surface area contributed by atoms with Crippen molar-refractivity contribution in [1.29, 1.82) is 0 Å². The fourth-order valence-electron chi connectivity index (χ4n) is 3.17. The number of aliphatic hydroxyl groups is 1. The molecule has 7 nitrogen and oxygen atoms in total. The molecule has 32 heavy (non-hydrogen) atoms. The number of rotatable bonds is 5. The fraction of sp³-hybridized carbons (Fsp3) is 0.167. The van der Waals surface area contributed by atoms with Gasteiger partial charge < -0.3 is 14.2 Å². The van der Waals surface area contributed by atoms with E-state index in [4.69, 9.17) is 4.52 Å².